The van der Waals surface area contributed by atoms with E-state index < -0.39 is 0 Å². The van der Waals surface area contributed by atoms with Gasteiger partial charge in [0, 0.05) is 11.3 Å². The summed E-state index contributed by atoms with van der Waals surface area (Å²) in [6.45, 7) is 8.35. The van der Waals surface area contributed by atoms with Gasteiger partial charge in [-0.05, 0) is 33.1 Å². The van der Waals surface area contributed by atoms with Crippen molar-refractivity contribution in [2.75, 3.05) is 0 Å². The molecule has 14 heavy (non-hydrogen) atoms. The molecular formula is C13H20O. The van der Waals surface area contributed by atoms with Crippen molar-refractivity contribution in [3.8, 4) is 11.8 Å². The van der Waals surface area contributed by atoms with E-state index in [1.54, 1.807) is 0 Å². The average Bonchev–Trinajstić information content (AvgIpc) is 2.80. The third kappa shape index (κ3) is 3.54. The number of ketones is 1. The predicted octanol–water partition coefficient (Wildman–Crippen LogP) is 3.04. The highest BCUT2D eigenvalue weighted by Crippen LogP contribution is 2.42. The Balaban J connectivity index is 2.32. The second-order valence-electron chi connectivity index (χ2n) is 5.21. The van der Waals surface area contributed by atoms with Gasteiger partial charge in [-0.25, -0.2) is 0 Å². The minimum absolute atomic E-state index is 0.0218. The molecule has 0 aliphatic heterocycles. The van der Waals surface area contributed by atoms with Crippen molar-refractivity contribution in [2.24, 2.45) is 17.3 Å². The predicted molar refractivity (Wildman–Crippen MR) is 58.7 cm³/mol. The summed E-state index contributed by atoms with van der Waals surface area (Å²) in [4.78, 5) is 11.6. The molecule has 1 aliphatic carbocycles. The highest BCUT2D eigenvalue weighted by Gasteiger charge is 2.40. The highest BCUT2D eigenvalue weighted by molar-refractivity contribution is 5.85. The smallest absolute Gasteiger partial charge is 0.148 e. The van der Waals surface area contributed by atoms with Gasteiger partial charge in [0.25, 0.3) is 0 Å². The largest absolute Gasteiger partial charge is 0.298 e. The molecule has 0 aromatic rings. The Morgan fingerprint density at radius 1 is 1.43 bits per heavy atom. The van der Waals surface area contributed by atoms with E-state index in [0.717, 1.165) is 12.8 Å². The van der Waals surface area contributed by atoms with Crippen LogP contribution in [0.3, 0.4) is 0 Å². The SMILES string of the molecule is CCC1CC1C(=O)CC#CC(C)(C)C. The van der Waals surface area contributed by atoms with Crippen LogP contribution in [0, 0.1) is 29.1 Å². The van der Waals surface area contributed by atoms with Gasteiger partial charge in [0.15, 0.2) is 0 Å². The van der Waals surface area contributed by atoms with E-state index in [-0.39, 0.29) is 5.41 Å². The summed E-state index contributed by atoms with van der Waals surface area (Å²) in [6, 6.07) is 0. The highest BCUT2D eigenvalue weighted by atomic mass is 16.1. The summed E-state index contributed by atoms with van der Waals surface area (Å²) < 4.78 is 0. The van der Waals surface area contributed by atoms with Crippen molar-refractivity contribution in [3.63, 3.8) is 0 Å². The van der Waals surface area contributed by atoms with E-state index in [2.05, 4.69) is 39.5 Å². The van der Waals surface area contributed by atoms with Crippen LogP contribution in [0.4, 0.5) is 0 Å². The number of carbonyl (C=O) groups is 1. The van der Waals surface area contributed by atoms with Crippen molar-refractivity contribution in [1.29, 1.82) is 0 Å². The molecule has 0 aromatic carbocycles. The van der Waals surface area contributed by atoms with Crippen LogP contribution in [0.15, 0.2) is 0 Å². The normalized spacial score (nSPS) is 25.1. The van der Waals surface area contributed by atoms with E-state index in [1.807, 2.05) is 0 Å². The van der Waals surface area contributed by atoms with E-state index in [4.69, 9.17) is 0 Å². The molecule has 0 aromatic heterocycles. The lowest BCUT2D eigenvalue weighted by atomic mass is 9.97. The summed E-state index contributed by atoms with van der Waals surface area (Å²) in [7, 11) is 0. The third-order valence-electron chi connectivity index (χ3n) is 2.59. The van der Waals surface area contributed by atoms with Gasteiger partial charge in [0.2, 0.25) is 0 Å². The molecule has 0 spiro atoms. The standard InChI is InChI=1S/C13H20O/c1-5-10-9-11(10)12(14)7-6-8-13(2,3)4/h10-11H,5,7,9H2,1-4H3. The van der Waals surface area contributed by atoms with Crippen LogP contribution in [0.5, 0.6) is 0 Å². The Bertz CT molecular complexity index is 272. The van der Waals surface area contributed by atoms with Crippen molar-refractivity contribution >= 4 is 5.78 Å². The Morgan fingerprint density at radius 3 is 2.50 bits per heavy atom. The summed E-state index contributed by atoms with van der Waals surface area (Å²) in [5.41, 5.74) is 0.0218. The molecule has 0 amide bonds. The molecule has 0 saturated heterocycles. The van der Waals surface area contributed by atoms with Crippen LogP contribution in [-0.4, -0.2) is 5.78 Å². The number of rotatable bonds is 3. The number of Topliss-reactive ketones (excluding diaryl/α,β-unsaturated/α-hetero) is 1. The molecule has 1 aliphatic rings. The summed E-state index contributed by atoms with van der Waals surface area (Å²) in [6.07, 6.45) is 2.70. The minimum Gasteiger partial charge on any atom is -0.298 e. The van der Waals surface area contributed by atoms with Crippen LogP contribution < -0.4 is 0 Å². The van der Waals surface area contributed by atoms with Crippen LogP contribution in [-0.2, 0) is 4.79 Å². The fourth-order valence-electron chi connectivity index (χ4n) is 1.62. The molecule has 0 N–H and O–H groups in total. The van der Waals surface area contributed by atoms with Crippen LogP contribution in [0.25, 0.3) is 0 Å². The van der Waals surface area contributed by atoms with Crippen LogP contribution in [0.2, 0.25) is 0 Å². The maximum Gasteiger partial charge on any atom is 0.148 e. The van der Waals surface area contributed by atoms with E-state index in [1.165, 1.54) is 0 Å². The summed E-state index contributed by atoms with van der Waals surface area (Å²) >= 11 is 0. The molecule has 1 heteroatoms. The molecule has 2 unspecified atom stereocenters. The molecule has 2 atom stereocenters. The van der Waals surface area contributed by atoms with E-state index >= 15 is 0 Å². The molecule has 0 heterocycles. The van der Waals surface area contributed by atoms with Crippen molar-refractivity contribution in [2.45, 2.75) is 47.0 Å². The second-order valence-corrected chi connectivity index (χ2v) is 5.21. The van der Waals surface area contributed by atoms with Crippen LogP contribution >= 0.6 is 0 Å². The fraction of sp³-hybridized carbons (Fsp3) is 0.769. The Labute approximate surface area is 87.3 Å². The summed E-state index contributed by atoms with van der Waals surface area (Å²) in [5, 5.41) is 0. The number of hydrogen-bond donors (Lipinski definition) is 0. The minimum atomic E-state index is 0.0218. The molecule has 1 nitrogen and oxygen atoms in total. The van der Waals surface area contributed by atoms with E-state index in [9.17, 15) is 4.79 Å². The summed E-state index contributed by atoms with van der Waals surface area (Å²) in [5.74, 6) is 7.45. The van der Waals surface area contributed by atoms with Gasteiger partial charge in [-0.15, -0.1) is 0 Å². The first-order valence-electron chi connectivity index (χ1n) is 5.47. The maximum atomic E-state index is 11.6. The number of hydrogen-bond acceptors (Lipinski definition) is 1. The third-order valence-corrected chi connectivity index (χ3v) is 2.59. The lowest BCUT2D eigenvalue weighted by Gasteiger charge is -2.06. The van der Waals surface area contributed by atoms with Gasteiger partial charge < -0.3 is 0 Å². The first-order valence-corrected chi connectivity index (χ1v) is 5.47. The van der Waals surface area contributed by atoms with E-state index in [0.29, 0.717) is 24.0 Å². The van der Waals surface area contributed by atoms with Gasteiger partial charge in [-0.1, -0.05) is 25.2 Å². The maximum absolute atomic E-state index is 11.6. The lowest BCUT2D eigenvalue weighted by Crippen LogP contribution is -2.03. The van der Waals surface area contributed by atoms with Crippen molar-refractivity contribution in [1.82, 2.24) is 0 Å². The van der Waals surface area contributed by atoms with Crippen molar-refractivity contribution in [3.05, 3.63) is 0 Å². The molecule has 1 fully saturated rings. The molecular weight excluding hydrogens is 172 g/mol. The Hall–Kier alpha value is -0.770. The zero-order valence-electron chi connectivity index (χ0n) is 9.68. The first kappa shape index (κ1) is 11.3. The van der Waals surface area contributed by atoms with Gasteiger partial charge >= 0.3 is 0 Å². The topological polar surface area (TPSA) is 17.1 Å². The lowest BCUT2D eigenvalue weighted by molar-refractivity contribution is -0.119. The Morgan fingerprint density at radius 2 is 2.07 bits per heavy atom. The molecule has 1 rings (SSSR count). The van der Waals surface area contributed by atoms with Gasteiger partial charge in [-0.2, -0.15) is 0 Å². The molecule has 1 saturated carbocycles. The van der Waals surface area contributed by atoms with Crippen LogP contribution in [0.1, 0.15) is 47.0 Å². The van der Waals surface area contributed by atoms with Gasteiger partial charge in [-0.3, -0.25) is 4.79 Å². The first-order chi connectivity index (χ1) is 6.44. The number of carbonyl (C=O) groups excluding carboxylic acids is 1. The monoisotopic (exact) mass is 192 g/mol. The van der Waals surface area contributed by atoms with Gasteiger partial charge in [0.1, 0.15) is 5.78 Å². The average molecular weight is 192 g/mol. The fourth-order valence-corrected chi connectivity index (χ4v) is 1.62. The molecule has 0 bridgehead atoms. The van der Waals surface area contributed by atoms with Crippen molar-refractivity contribution < 1.29 is 4.79 Å². The quantitative estimate of drug-likeness (QED) is 0.628. The second kappa shape index (κ2) is 4.17. The zero-order chi connectivity index (χ0) is 10.8. The van der Waals surface area contributed by atoms with Gasteiger partial charge in [0.05, 0.1) is 6.42 Å². The zero-order valence-corrected chi connectivity index (χ0v) is 9.68. The molecule has 0 radical (unpaired) electrons. The Kier molecular flexibility index (Phi) is 3.37. The molecule has 78 valence electrons.